The Balaban J connectivity index is 1.51. The molecular weight excluding hydrogens is 354 g/mol. The fourth-order valence-corrected chi connectivity index (χ4v) is 3.47. The van der Waals surface area contributed by atoms with Crippen LogP contribution < -0.4 is 5.32 Å². The molecule has 3 aromatic carbocycles. The Morgan fingerprint density at radius 3 is 2.55 bits per heavy atom. The van der Waals surface area contributed by atoms with Gasteiger partial charge in [0.2, 0.25) is 0 Å². The second-order valence-electron chi connectivity index (χ2n) is 7.26. The number of fused-ring (bicyclic) bond motifs is 1. The summed E-state index contributed by atoms with van der Waals surface area (Å²) in [7, 11) is 0. The average molecular weight is 380 g/mol. The second kappa shape index (κ2) is 8.70. The topological polar surface area (TPSA) is 37.8 Å². The van der Waals surface area contributed by atoms with Crippen molar-refractivity contribution in [3.63, 3.8) is 0 Å². The Morgan fingerprint density at radius 2 is 1.69 bits per heavy atom. The minimum absolute atomic E-state index is 0.134. The number of benzene rings is 3. The van der Waals surface area contributed by atoms with E-state index < -0.39 is 0 Å². The van der Waals surface area contributed by atoms with Gasteiger partial charge in [0.05, 0.1) is 5.52 Å². The molecule has 3 nitrogen and oxygen atoms in total. The molecule has 0 aliphatic heterocycles. The van der Waals surface area contributed by atoms with Crippen LogP contribution in [0.3, 0.4) is 0 Å². The van der Waals surface area contributed by atoms with Crippen molar-refractivity contribution in [2.45, 2.75) is 26.3 Å². The van der Waals surface area contributed by atoms with E-state index >= 15 is 0 Å². The van der Waals surface area contributed by atoms with Gasteiger partial charge in [0, 0.05) is 11.4 Å². The van der Waals surface area contributed by atoms with Crippen molar-refractivity contribution < 1.29 is 0 Å². The number of hydrogen-bond acceptors (Lipinski definition) is 3. The number of nitrogens with zero attached hydrogens (tertiary/aromatic N) is 2. The lowest BCUT2D eigenvalue weighted by Gasteiger charge is -2.17. The lowest BCUT2D eigenvalue weighted by atomic mass is 10.0. The monoisotopic (exact) mass is 379 g/mol. The summed E-state index contributed by atoms with van der Waals surface area (Å²) in [4.78, 5) is 9.17. The zero-order valence-electron chi connectivity index (χ0n) is 16.8. The zero-order chi connectivity index (χ0) is 20.1. The third-order valence-corrected chi connectivity index (χ3v) is 4.99. The molecule has 0 aliphatic rings. The van der Waals surface area contributed by atoms with E-state index in [4.69, 9.17) is 0 Å². The van der Waals surface area contributed by atoms with E-state index in [0.29, 0.717) is 0 Å². The number of anilines is 1. The number of aryl methyl sites for hydroxylation is 1. The van der Waals surface area contributed by atoms with Gasteiger partial charge in [0.15, 0.2) is 0 Å². The summed E-state index contributed by atoms with van der Waals surface area (Å²) >= 11 is 0. The van der Waals surface area contributed by atoms with E-state index in [-0.39, 0.29) is 6.04 Å². The van der Waals surface area contributed by atoms with Gasteiger partial charge in [-0.2, -0.15) is 0 Å². The van der Waals surface area contributed by atoms with Crippen LogP contribution in [0, 0.1) is 6.92 Å². The number of rotatable bonds is 6. The van der Waals surface area contributed by atoms with Crippen molar-refractivity contribution in [2.75, 3.05) is 5.32 Å². The lowest BCUT2D eigenvalue weighted by molar-refractivity contribution is 0.872. The van der Waals surface area contributed by atoms with Crippen molar-refractivity contribution in [1.82, 2.24) is 9.97 Å². The molecule has 4 aromatic rings. The molecule has 3 heteroatoms. The molecule has 0 fully saturated rings. The summed E-state index contributed by atoms with van der Waals surface area (Å²) in [5, 5.41) is 4.62. The average Bonchev–Trinajstić information content (AvgIpc) is 2.74. The highest BCUT2D eigenvalue weighted by molar-refractivity contribution is 5.89. The first-order valence-corrected chi connectivity index (χ1v) is 9.99. The summed E-state index contributed by atoms with van der Waals surface area (Å²) in [6.07, 6.45) is 5.34. The number of para-hydroxylation sites is 1. The first-order chi connectivity index (χ1) is 14.2. The molecule has 144 valence electrons. The van der Waals surface area contributed by atoms with E-state index in [2.05, 4.69) is 89.0 Å². The first-order valence-electron chi connectivity index (χ1n) is 9.99. The molecule has 4 rings (SSSR count). The van der Waals surface area contributed by atoms with Gasteiger partial charge in [-0.05, 0) is 55.2 Å². The van der Waals surface area contributed by atoms with E-state index in [1.165, 1.54) is 16.7 Å². The van der Waals surface area contributed by atoms with Crippen molar-refractivity contribution in [3.05, 3.63) is 107 Å². The molecule has 1 N–H and O–H groups in total. The Hall–Kier alpha value is -3.46. The number of allylic oxidation sites excluding steroid dienone is 1. The number of aromatic nitrogens is 2. The van der Waals surface area contributed by atoms with Crippen LogP contribution in [0.1, 0.15) is 35.5 Å². The minimum Gasteiger partial charge on any atom is -0.363 e. The van der Waals surface area contributed by atoms with Gasteiger partial charge in [-0.15, -0.1) is 0 Å². The Labute approximate surface area is 172 Å². The van der Waals surface area contributed by atoms with Gasteiger partial charge in [-0.1, -0.05) is 72.8 Å². The summed E-state index contributed by atoms with van der Waals surface area (Å²) in [5.74, 6) is 1.65. The van der Waals surface area contributed by atoms with Gasteiger partial charge < -0.3 is 5.32 Å². The van der Waals surface area contributed by atoms with E-state index in [9.17, 15) is 0 Å². The van der Waals surface area contributed by atoms with Gasteiger partial charge in [-0.3, -0.25) is 0 Å². The molecule has 0 spiro atoms. The standard InChI is InChI=1S/C26H25N3/c1-19(27-26-24-16-6-7-17-25(24)28-20(2)29-26)23-15-9-14-22(18-23)13-8-12-21-10-4-3-5-11-21/h3-11,13-19H,12H2,1-2H3,(H,27,28,29)/b13-8+/t19-/m1/s1. The quantitative estimate of drug-likeness (QED) is 0.423. The molecule has 29 heavy (non-hydrogen) atoms. The molecule has 0 unspecified atom stereocenters. The Morgan fingerprint density at radius 1 is 0.897 bits per heavy atom. The van der Waals surface area contributed by atoms with Crippen LogP contribution in [0.2, 0.25) is 0 Å². The Kier molecular flexibility index (Phi) is 5.66. The minimum atomic E-state index is 0.134. The predicted octanol–water partition coefficient (Wildman–Crippen LogP) is 6.37. The third kappa shape index (κ3) is 4.69. The first kappa shape index (κ1) is 18.9. The second-order valence-corrected chi connectivity index (χ2v) is 7.26. The zero-order valence-corrected chi connectivity index (χ0v) is 16.8. The van der Waals surface area contributed by atoms with Crippen LogP contribution in [0.15, 0.2) is 84.9 Å². The molecule has 0 amide bonds. The highest BCUT2D eigenvalue weighted by atomic mass is 15.0. The van der Waals surface area contributed by atoms with Crippen molar-refractivity contribution in [2.24, 2.45) is 0 Å². The van der Waals surface area contributed by atoms with Crippen LogP contribution >= 0.6 is 0 Å². The molecule has 0 saturated heterocycles. The van der Waals surface area contributed by atoms with Gasteiger partial charge in [0.25, 0.3) is 0 Å². The smallest absolute Gasteiger partial charge is 0.138 e. The lowest BCUT2D eigenvalue weighted by Crippen LogP contribution is -2.09. The van der Waals surface area contributed by atoms with Crippen LogP contribution in [-0.4, -0.2) is 9.97 Å². The van der Waals surface area contributed by atoms with E-state index in [1.807, 2.05) is 31.2 Å². The van der Waals surface area contributed by atoms with Crippen molar-refractivity contribution >= 4 is 22.8 Å². The third-order valence-electron chi connectivity index (χ3n) is 4.99. The van der Waals surface area contributed by atoms with Crippen LogP contribution in [0.25, 0.3) is 17.0 Å². The highest BCUT2D eigenvalue weighted by Gasteiger charge is 2.10. The maximum Gasteiger partial charge on any atom is 0.138 e. The number of hydrogen-bond donors (Lipinski definition) is 1. The SMILES string of the molecule is Cc1nc(N[C@H](C)c2cccc(/C=C/Cc3ccccc3)c2)c2ccccc2n1. The summed E-state index contributed by atoms with van der Waals surface area (Å²) < 4.78 is 0. The van der Waals surface area contributed by atoms with Gasteiger partial charge in [0.1, 0.15) is 11.6 Å². The van der Waals surface area contributed by atoms with E-state index in [1.54, 1.807) is 0 Å². The molecule has 0 bridgehead atoms. The normalized spacial score (nSPS) is 12.3. The van der Waals surface area contributed by atoms with Crippen LogP contribution in [0.4, 0.5) is 5.82 Å². The Bertz CT molecular complexity index is 1130. The van der Waals surface area contributed by atoms with E-state index in [0.717, 1.165) is 29.0 Å². The summed E-state index contributed by atoms with van der Waals surface area (Å²) in [6.45, 7) is 4.10. The van der Waals surface area contributed by atoms with Gasteiger partial charge >= 0.3 is 0 Å². The maximum absolute atomic E-state index is 4.64. The summed E-state index contributed by atoms with van der Waals surface area (Å²) in [6, 6.07) is 27.4. The molecule has 1 atom stereocenters. The van der Waals surface area contributed by atoms with Gasteiger partial charge in [-0.25, -0.2) is 9.97 Å². The largest absolute Gasteiger partial charge is 0.363 e. The maximum atomic E-state index is 4.64. The fraction of sp³-hybridized carbons (Fsp3) is 0.154. The molecule has 1 aromatic heterocycles. The fourth-order valence-electron chi connectivity index (χ4n) is 3.47. The summed E-state index contributed by atoms with van der Waals surface area (Å²) in [5.41, 5.74) is 4.72. The van der Waals surface area contributed by atoms with Crippen LogP contribution in [-0.2, 0) is 6.42 Å². The molecule has 0 aliphatic carbocycles. The van der Waals surface area contributed by atoms with Crippen molar-refractivity contribution in [1.29, 1.82) is 0 Å². The molecule has 1 heterocycles. The van der Waals surface area contributed by atoms with Crippen LogP contribution in [0.5, 0.6) is 0 Å². The highest BCUT2D eigenvalue weighted by Crippen LogP contribution is 2.25. The molecular formula is C26H25N3. The molecule has 0 saturated carbocycles. The number of nitrogens with one attached hydrogen (secondary N) is 1. The predicted molar refractivity (Wildman–Crippen MR) is 122 cm³/mol. The van der Waals surface area contributed by atoms with Crippen molar-refractivity contribution in [3.8, 4) is 0 Å². The molecule has 0 radical (unpaired) electrons.